The van der Waals surface area contributed by atoms with Gasteiger partial charge in [0.1, 0.15) is 29.4 Å². The second-order valence-electron chi connectivity index (χ2n) is 7.43. The molecular formula is C21H22N4O7. The predicted molar refractivity (Wildman–Crippen MR) is 110 cm³/mol. The maximum Gasteiger partial charge on any atom is 0.312 e. The minimum Gasteiger partial charge on any atom is -0.494 e. The van der Waals surface area contributed by atoms with Gasteiger partial charge in [0, 0.05) is 6.42 Å². The van der Waals surface area contributed by atoms with Gasteiger partial charge in [0.25, 0.3) is 11.4 Å². The third kappa shape index (κ3) is 4.13. The number of hydrogen-bond donors (Lipinski definition) is 2. The number of aryl methyl sites for hydroxylation is 1. The van der Waals surface area contributed by atoms with Crippen molar-refractivity contribution in [3.63, 3.8) is 0 Å². The third-order valence-electron chi connectivity index (χ3n) is 5.22. The summed E-state index contributed by atoms with van der Waals surface area (Å²) in [4.78, 5) is 28.0. The van der Waals surface area contributed by atoms with Crippen LogP contribution >= 0.6 is 0 Å². The molecule has 3 aromatic rings. The monoisotopic (exact) mass is 442 g/mol. The first-order valence-electron chi connectivity index (χ1n) is 10.0. The Hall–Kier alpha value is -3.89. The highest BCUT2D eigenvalue weighted by Crippen LogP contribution is 2.39. The zero-order chi connectivity index (χ0) is 22.8. The molecule has 2 N–H and O–H groups in total. The van der Waals surface area contributed by atoms with Crippen LogP contribution < -0.4 is 15.0 Å². The van der Waals surface area contributed by atoms with Crippen LogP contribution in [0.15, 0.2) is 27.4 Å². The van der Waals surface area contributed by atoms with Crippen LogP contribution in [-0.2, 0) is 17.6 Å². The topological polar surface area (TPSA) is 150 Å². The van der Waals surface area contributed by atoms with Gasteiger partial charge in [0.05, 0.1) is 14.2 Å². The lowest BCUT2D eigenvalue weighted by Crippen LogP contribution is -2.20. The van der Waals surface area contributed by atoms with Crippen LogP contribution in [0.25, 0.3) is 17.1 Å². The molecule has 1 aliphatic rings. The number of carbonyl (C=O) groups is 1. The van der Waals surface area contributed by atoms with E-state index < -0.39 is 23.8 Å². The van der Waals surface area contributed by atoms with E-state index in [1.807, 2.05) is 0 Å². The number of para-hydroxylation sites is 1. The van der Waals surface area contributed by atoms with Crippen molar-refractivity contribution in [3.05, 3.63) is 40.3 Å². The van der Waals surface area contributed by atoms with Crippen molar-refractivity contribution < 1.29 is 28.9 Å². The van der Waals surface area contributed by atoms with Crippen LogP contribution in [0.3, 0.4) is 0 Å². The molecule has 4 rings (SSSR count). The van der Waals surface area contributed by atoms with E-state index in [2.05, 4.69) is 15.2 Å². The molecule has 0 unspecified atom stereocenters. The predicted octanol–water partition coefficient (Wildman–Crippen LogP) is 1.97. The molecule has 1 fully saturated rings. The van der Waals surface area contributed by atoms with Crippen LogP contribution in [0.1, 0.15) is 31.0 Å². The first kappa shape index (κ1) is 21.3. The van der Waals surface area contributed by atoms with Gasteiger partial charge in [0.15, 0.2) is 5.56 Å². The second-order valence-corrected chi connectivity index (χ2v) is 7.43. The normalized spacial score (nSPS) is 13.2. The van der Waals surface area contributed by atoms with Crippen LogP contribution in [-0.4, -0.2) is 50.2 Å². The smallest absolute Gasteiger partial charge is 0.312 e. The highest BCUT2D eigenvalue weighted by atomic mass is 16.5. The third-order valence-corrected chi connectivity index (χ3v) is 5.22. The van der Waals surface area contributed by atoms with E-state index in [4.69, 9.17) is 19.0 Å². The molecule has 2 heterocycles. The molecule has 0 atom stereocenters. The summed E-state index contributed by atoms with van der Waals surface area (Å²) in [5.74, 6) is -0.509. The van der Waals surface area contributed by atoms with Crippen molar-refractivity contribution in [2.45, 2.75) is 32.1 Å². The highest BCUT2D eigenvalue weighted by Gasteiger charge is 2.28. The van der Waals surface area contributed by atoms with Gasteiger partial charge < -0.3 is 24.1 Å². The summed E-state index contributed by atoms with van der Waals surface area (Å²) in [5, 5.41) is 27.5. The number of carboxylic acid groups (broad SMARTS) is 1. The Morgan fingerprint density at radius 3 is 2.50 bits per heavy atom. The minimum absolute atomic E-state index is 0.203. The largest absolute Gasteiger partial charge is 0.494 e. The van der Waals surface area contributed by atoms with Crippen molar-refractivity contribution in [2.24, 2.45) is 5.92 Å². The molecule has 11 heteroatoms. The Morgan fingerprint density at radius 2 is 1.91 bits per heavy atom. The standard InChI is InChI=1S/C21H22N4O7/c1-30-12-4-3-5-13(31-2)18(12)25-14(9-8-11-6-7-11)22-19(28)17(21(25)29)20-24-23-15(32-20)10-16(26)27/h3-5,11,29H,6-10H2,1-2H3,(H,26,27). The number of nitrogens with zero attached hydrogens (tertiary/aromatic N) is 4. The zero-order valence-corrected chi connectivity index (χ0v) is 17.6. The second kappa shape index (κ2) is 8.69. The molecule has 168 valence electrons. The molecule has 1 aromatic carbocycles. The SMILES string of the molecule is COc1cccc(OC)c1-n1c(CCC2CC2)nc(=O)c(-c2nnc(CC(=O)O)o2)c1O. The van der Waals surface area contributed by atoms with Crippen LogP contribution in [0, 0.1) is 5.92 Å². The Morgan fingerprint density at radius 1 is 1.22 bits per heavy atom. The fraction of sp³-hybridized carbons (Fsp3) is 0.381. The average Bonchev–Trinajstić information content (AvgIpc) is 3.49. The lowest BCUT2D eigenvalue weighted by Gasteiger charge is -2.20. The van der Waals surface area contributed by atoms with E-state index in [0.29, 0.717) is 35.3 Å². The molecule has 2 aromatic heterocycles. The molecule has 32 heavy (non-hydrogen) atoms. The number of rotatable bonds is 9. The summed E-state index contributed by atoms with van der Waals surface area (Å²) in [7, 11) is 2.96. The number of hydrogen-bond acceptors (Lipinski definition) is 9. The molecule has 0 saturated heterocycles. The molecule has 0 radical (unpaired) electrons. The first-order valence-corrected chi connectivity index (χ1v) is 10.0. The van der Waals surface area contributed by atoms with Gasteiger partial charge in [0.2, 0.25) is 11.8 Å². The van der Waals surface area contributed by atoms with Crippen molar-refractivity contribution in [3.8, 4) is 34.5 Å². The Kier molecular flexibility index (Phi) is 5.80. The Bertz CT molecular complexity index is 1190. The summed E-state index contributed by atoms with van der Waals surface area (Å²) in [5.41, 5.74) is -0.735. The van der Waals surface area contributed by atoms with Crippen LogP contribution in [0.4, 0.5) is 0 Å². The maximum atomic E-state index is 12.9. The average molecular weight is 442 g/mol. The van der Waals surface area contributed by atoms with Crippen molar-refractivity contribution in [2.75, 3.05) is 14.2 Å². The van der Waals surface area contributed by atoms with Gasteiger partial charge in [-0.3, -0.25) is 14.2 Å². The van der Waals surface area contributed by atoms with Gasteiger partial charge in [-0.15, -0.1) is 10.2 Å². The van der Waals surface area contributed by atoms with E-state index in [1.54, 1.807) is 18.2 Å². The summed E-state index contributed by atoms with van der Waals surface area (Å²) >= 11 is 0. The minimum atomic E-state index is -1.17. The zero-order valence-electron chi connectivity index (χ0n) is 17.6. The molecule has 0 bridgehead atoms. The Labute approximate surface area is 182 Å². The van der Waals surface area contributed by atoms with Crippen LogP contribution in [0.2, 0.25) is 0 Å². The number of aliphatic carboxylic acids is 1. The number of ether oxygens (including phenoxy) is 2. The summed E-state index contributed by atoms with van der Waals surface area (Å²) in [6.45, 7) is 0. The highest BCUT2D eigenvalue weighted by molar-refractivity contribution is 5.69. The van der Waals surface area contributed by atoms with Gasteiger partial charge >= 0.3 is 5.97 Å². The Balaban J connectivity index is 1.92. The van der Waals surface area contributed by atoms with Crippen molar-refractivity contribution in [1.82, 2.24) is 19.7 Å². The van der Waals surface area contributed by atoms with Gasteiger partial charge in [-0.2, -0.15) is 4.98 Å². The van der Waals surface area contributed by atoms with Crippen molar-refractivity contribution >= 4 is 5.97 Å². The lowest BCUT2D eigenvalue weighted by molar-refractivity contribution is -0.136. The van der Waals surface area contributed by atoms with Gasteiger partial charge in [-0.05, 0) is 24.5 Å². The molecule has 0 amide bonds. The molecule has 1 aliphatic carbocycles. The molecule has 0 spiro atoms. The van der Waals surface area contributed by atoms with E-state index in [9.17, 15) is 14.7 Å². The quantitative estimate of drug-likeness (QED) is 0.503. The number of carboxylic acids is 1. The fourth-order valence-electron chi connectivity index (χ4n) is 3.49. The van der Waals surface area contributed by atoms with Crippen LogP contribution in [0.5, 0.6) is 17.4 Å². The number of aromatic nitrogens is 4. The number of benzene rings is 1. The lowest BCUT2D eigenvalue weighted by atomic mass is 10.1. The molecule has 11 nitrogen and oxygen atoms in total. The van der Waals surface area contributed by atoms with E-state index >= 15 is 0 Å². The van der Waals surface area contributed by atoms with Crippen molar-refractivity contribution in [1.29, 1.82) is 0 Å². The number of aromatic hydroxyl groups is 1. The first-order chi connectivity index (χ1) is 15.4. The van der Waals surface area contributed by atoms with Gasteiger partial charge in [-0.1, -0.05) is 18.9 Å². The number of methoxy groups -OCH3 is 2. The molecule has 0 aliphatic heterocycles. The molecular weight excluding hydrogens is 420 g/mol. The van der Waals surface area contributed by atoms with E-state index in [1.165, 1.54) is 18.8 Å². The summed E-state index contributed by atoms with van der Waals surface area (Å²) in [6, 6.07) is 5.12. The fourth-order valence-corrected chi connectivity index (χ4v) is 3.49. The molecule has 1 saturated carbocycles. The maximum absolute atomic E-state index is 12.9. The van der Waals surface area contributed by atoms with Gasteiger partial charge in [-0.25, -0.2) is 0 Å². The van der Waals surface area contributed by atoms with E-state index in [-0.39, 0.29) is 17.3 Å². The summed E-state index contributed by atoms with van der Waals surface area (Å²) < 4.78 is 17.7. The van der Waals surface area contributed by atoms with E-state index in [0.717, 1.165) is 19.3 Å². The summed E-state index contributed by atoms with van der Waals surface area (Å²) in [6.07, 6.45) is 2.99.